The third-order valence-corrected chi connectivity index (χ3v) is 16.3. The van der Waals surface area contributed by atoms with Gasteiger partial charge in [0.2, 0.25) is 5.82 Å². The summed E-state index contributed by atoms with van der Waals surface area (Å²) in [4.78, 5) is 41.4. The molecule has 356 valence electrons. The number of amides is 1. The van der Waals surface area contributed by atoms with Gasteiger partial charge in [0.15, 0.2) is 0 Å². The first-order valence-electron chi connectivity index (χ1n) is 23.8. The van der Waals surface area contributed by atoms with Crippen LogP contribution in [-0.4, -0.2) is 88.6 Å². The van der Waals surface area contributed by atoms with Gasteiger partial charge in [0.1, 0.15) is 27.9 Å². The van der Waals surface area contributed by atoms with Crippen molar-refractivity contribution in [3.8, 4) is 11.5 Å². The van der Waals surface area contributed by atoms with Crippen molar-refractivity contribution >= 4 is 44.2 Å². The molecule has 0 unspecified atom stereocenters. The normalized spacial score (nSPS) is 23.1. The second-order valence-corrected chi connectivity index (χ2v) is 21.6. The highest BCUT2D eigenvalue weighted by atomic mass is 32.2. The van der Waals surface area contributed by atoms with Crippen molar-refractivity contribution in [2.75, 3.05) is 42.9 Å². The van der Waals surface area contributed by atoms with Crippen LogP contribution >= 0.6 is 0 Å². The highest BCUT2D eigenvalue weighted by Gasteiger charge is 2.49. The molecule has 4 fully saturated rings. The number of pyridine rings is 2. The van der Waals surface area contributed by atoms with Gasteiger partial charge in [0.25, 0.3) is 15.9 Å². The van der Waals surface area contributed by atoms with Crippen LogP contribution in [0.4, 0.5) is 21.6 Å². The molecule has 2 saturated heterocycles. The van der Waals surface area contributed by atoms with Crippen molar-refractivity contribution in [3.63, 3.8) is 0 Å². The second-order valence-electron chi connectivity index (χ2n) is 19.9. The molecule has 2 atom stereocenters. The molecule has 2 aliphatic heterocycles. The van der Waals surface area contributed by atoms with Crippen LogP contribution in [0.25, 0.3) is 11.0 Å². The zero-order valence-corrected chi connectivity index (χ0v) is 39.5. The lowest BCUT2D eigenvalue weighted by atomic mass is 9.70. The summed E-state index contributed by atoms with van der Waals surface area (Å²) in [7, 11) is -4.69. The van der Waals surface area contributed by atoms with Crippen LogP contribution in [0.15, 0.2) is 71.9 Å². The first kappa shape index (κ1) is 46.5. The van der Waals surface area contributed by atoms with E-state index in [1.54, 1.807) is 19.1 Å². The van der Waals surface area contributed by atoms with E-state index >= 15 is 0 Å². The van der Waals surface area contributed by atoms with Crippen LogP contribution in [0, 0.1) is 27.3 Å². The zero-order chi connectivity index (χ0) is 47.3. The number of piperidine rings is 1. The first-order chi connectivity index (χ1) is 32.0. The van der Waals surface area contributed by atoms with E-state index in [-0.39, 0.29) is 39.6 Å². The molecule has 17 heteroatoms. The molecular weight excluding hydrogens is 876 g/mol. The fraction of sp³-hybridized carbons (Fsp3) is 0.500. The number of nitro groups is 1. The summed E-state index contributed by atoms with van der Waals surface area (Å²) in [5.74, 6) is -0.238. The predicted molar refractivity (Wildman–Crippen MR) is 255 cm³/mol. The number of aromatic nitrogens is 3. The van der Waals surface area contributed by atoms with Crippen LogP contribution in [-0.2, 0) is 16.4 Å². The number of anilines is 2. The predicted octanol–water partition coefficient (Wildman–Crippen LogP) is 9.19. The van der Waals surface area contributed by atoms with E-state index in [0.717, 1.165) is 69.8 Å². The number of benzene rings is 2. The Hall–Kier alpha value is -5.65. The Labute approximate surface area is 391 Å². The Morgan fingerprint density at radius 1 is 1.04 bits per heavy atom. The Balaban J connectivity index is 0.927. The highest BCUT2D eigenvalue weighted by molar-refractivity contribution is 7.90. The number of aromatic amines is 1. The lowest BCUT2D eigenvalue weighted by Gasteiger charge is -2.57. The second kappa shape index (κ2) is 18.4. The van der Waals surface area contributed by atoms with E-state index < -0.39 is 42.9 Å². The van der Waals surface area contributed by atoms with Gasteiger partial charge in [-0.3, -0.25) is 19.8 Å². The Morgan fingerprint density at radius 2 is 1.79 bits per heavy atom. The maximum absolute atomic E-state index is 14.8. The quantitative estimate of drug-likeness (QED) is 0.0610. The number of aliphatic hydroxyl groups is 1. The molecule has 4 aliphatic rings. The van der Waals surface area contributed by atoms with Crippen LogP contribution in [0.1, 0.15) is 124 Å². The smallest absolute Gasteiger partial charge is 0.312 e. The van der Waals surface area contributed by atoms with Gasteiger partial charge >= 0.3 is 5.69 Å². The van der Waals surface area contributed by atoms with Gasteiger partial charge < -0.3 is 25.0 Å². The molecule has 0 radical (unpaired) electrons. The number of rotatable bonds is 14. The highest BCUT2D eigenvalue weighted by Crippen LogP contribution is 2.49. The summed E-state index contributed by atoms with van der Waals surface area (Å²) in [6.07, 6.45) is 10.9. The zero-order valence-electron chi connectivity index (χ0n) is 38.7. The van der Waals surface area contributed by atoms with Crippen molar-refractivity contribution in [2.24, 2.45) is 11.3 Å². The maximum Gasteiger partial charge on any atom is 0.312 e. The van der Waals surface area contributed by atoms with Gasteiger partial charge in [-0.2, -0.15) is 0 Å². The van der Waals surface area contributed by atoms with Crippen LogP contribution in [0.5, 0.6) is 11.5 Å². The molecule has 5 heterocycles. The minimum Gasteiger partial charge on any atom is -0.455 e. The monoisotopic (exact) mass is 936 g/mol. The minimum atomic E-state index is -4.69. The number of likely N-dealkylation sites (tertiary alicyclic amines) is 1. The topological polar surface area (TPSA) is 196 Å². The van der Waals surface area contributed by atoms with Crippen LogP contribution in [0.2, 0.25) is 0 Å². The van der Waals surface area contributed by atoms with E-state index in [4.69, 9.17) is 4.74 Å². The molecule has 2 aliphatic carbocycles. The Bertz CT molecular complexity index is 2770. The summed E-state index contributed by atoms with van der Waals surface area (Å²) in [6, 6.07) is 16.9. The van der Waals surface area contributed by atoms with Crippen molar-refractivity contribution in [1.82, 2.24) is 24.6 Å². The number of sulfonamides is 1. The lowest BCUT2D eigenvalue weighted by molar-refractivity contribution is -0.384. The van der Waals surface area contributed by atoms with Gasteiger partial charge in [-0.05, 0) is 117 Å². The Morgan fingerprint density at radius 3 is 2.51 bits per heavy atom. The number of carbonyl (C=O) groups excluding carboxylic acids is 1. The van der Waals surface area contributed by atoms with Crippen LogP contribution < -0.4 is 19.7 Å². The van der Waals surface area contributed by atoms with Crippen molar-refractivity contribution in [3.05, 3.63) is 105 Å². The summed E-state index contributed by atoms with van der Waals surface area (Å²) < 4.78 is 51.0. The van der Waals surface area contributed by atoms with Gasteiger partial charge in [0.05, 0.1) is 33.4 Å². The third-order valence-electron chi connectivity index (χ3n) is 15.0. The van der Waals surface area contributed by atoms with Crippen molar-refractivity contribution in [1.29, 1.82) is 0 Å². The van der Waals surface area contributed by atoms with Gasteiger partial charge in [-0.15, -0.1) is 0 Å². The first-order valence-corrected chi connectivity index (χ1v) is 25.2. The SMILES string of the molecule is CCc1nc2[nH]cc(F)c2cc1Oc1cc(N2CCC3(CC2)CN([C@@H]2CCC[C@@H]2c2ccccc2C(C)C)C3)ccc1C(=O)NS(=O)(=O)c1cnc(NC[C@H]2CC[C@](C)(O)CC2)c([N+](=O)[O-])c1. The largest absolute Gasteiger partial charge is 0.455 e. The molecule has 2 saturated carbocycles. The molecule has 1 spiro atoms. The number of aryl methyl sites for hydroxylation is 1. The summed E-state index contributed by atoms with van der Waals surface area (Å²) in [5, 5.41) is 25.7. The van der Waals surface area contributed by atoms with Crippen molar-refractivity contribution < 1.29 is 32.4 Å². The fourth-order valence-corrected chi connectivity index (χ4v) is 12.0. The summed E-state index contributed by atoms with van der Waals surface area (Å²) in [5.41, 5.74) is 3.39. The molecule has 9 rings (SSSR count). The standard InChI is InChI=1S/C50H61FN8O7S/c1-5-41-45(25-39-40(51)28-54-46(39)55-41)66-44-23-33(57-21-19-50(20-22-57)29-58(30-50)42-12-8-11-37(42)36-10-7-6-9-35(36)31(2)3)13-14-38(44)48(60)56-67(64,65)34-24-43(59(62)63)47(53-27-34)52-26-32-15-17-49(4,61)18-16-32/h6-7,9-10,13-14,23-25,27-28,31-32,37,42,61H,5,8,11-12,15-22,26,29-30H2,1-4H3,(H,52,53)(H,54,55)(H,56,60)/t32-,37-,42-,49-/m1/s1. The minimum absolute atomic E-state index is 0.0360. The van der Waals surface area contributed by atoms with E-state index in [9.17, 15) is 32.8 Å². The van der Waals surface area contributed by atoms with Crippen LogP contribution in [0.3, 0.4) is 0 Å². The van der Waals surface area contributed by atoms with Gasteiger partial charge in [0, 0.05) is 62.8 Å². The molecule has 2 aromatic carbocycles. The van der Waals surface area contributed by atoms with Crippen molar-refractivity contribution in [2.45, 2.75) is 120 Å². The van der Waals surface area contributed by atoms with Gasteiger partial charge in [-0.25, -0.2) is 27.5 Å². The number of hydrogen-bond acceptors (Lipinski definition) is 12. The number of nitrogens with zero attached hydrogens (tertiary/aromatic N) is 5. The maximum atomic E-state index is 14.8. The molecular formula is C50H61FN8O7S. The lowest BCUT2D eigenvalue weighted by Crippen LogP contribution is -2.63. The summed E-state index contributed by atoms with van der Waals surface area (Å²) in [6.45, 7) is 12.3. The van der Waals surface area contributed by atoms with E-state index in [2.05, 4.69) is 72.9 Å². The number of halogens is 1. The summed E-state index contributed by atoms with van der Waals surface area (Å²) >= 11 is 0. The van der Waals surface area contributed by atoms with E-state index in [0.29, 0.717) is 55.0 Å². The van der Waals surface area contributed by atoms with E-state index in [1.165, 1.54) is 48.7 Å². The molecule has 3 aromatic heterocycles. The number of carbonyl (C=O) groups is 1. The Kier molecular flexibility index (Phi) is 12.8. The van der Waals surface area contributed by atoms with E-state index in [1.807, 2.05) is 6.92 Å². The molecule has 67 heavy (non-hydrogen) atoms. The molecule has 1 amide bonds. The molecule has 0 bridgehead atoms. The number of fused-ring (bicyclic) bond motifs is 1. The number of H-pyrrole nitrogens is 1. The molecule has 4 N–H and O–H groups in total. The third kappa shape index (κ3) is 9.59. The number of nitrogens with one attached hydrogen (secondary N) is 3. The molecule has 15 nitrogen and oxygen atoms in total. The average Bonchev–Trinajstić information content (AvgIpc) is 3.93. The number of hydrogen-bond donors (Lipinski definition) is 4. The van der Waals surface area contributed by atoms with Gasteiger partial charge in [-0.1, -0.05) is 51.5 Å². The number of ether oxygens (including phenoxy) is 1. The average molecular weight is 937 g/mol. The molecule has 5 aromatic rings. The fourth-order valence-electron chi connectivity index (χ4n) is 11.0.